The summed E-state index contributed by atoms with van der Waals surface area (Å²) in [5.41, 5.74) is -1.37. The van der Waals surface area contributed by atoms with Crippen LogP contribution in [0.2, 0.25) is 0 Å². The van der Waals surface area contributed by atoms with Crippen molar-refractivity contribution in [2.75, 3.05) is 26.0 Å². The van der Waals surface area contributed by atoms with Gasteiger partial charge in [-0.3, -0.25) is 4.79 Å². The van der Waals surface area contributed by atoms with Crippen LogP contribution in [0, 0.1) is 0 Å². The standard InChI is InChI=1S/C24H22F6N4O5S/c1-31-20(35)11-34-21(39-18-7-5-16(6-8-18)24(28,29)30)10-19(32-34)15-3-2-4-17(9-15)22(12-38-13-22)33-40(36,37)14-23(25,26)27/h2-10,33H,11-14H2,1H3,(H,31,35). The highest BCUT2D eigenvalue weighted by Gasteiger charge is 2.46. The summed E-state index contributed by atoms with van der Waals surface area (Å²) >= 11 is 0. The zero-order valence-electron chi connectivity index (χ0n) is 20.6. The van der Waals surface area contributed by atoms with Crippen molar-refractivity contribution >= 4 is 15.9 Å². The average molecular weight is 593 g/mol. The largest absolute Gasteiger partial charge is 0.439 e. The Balaban J connectivity index is 1.65. The number of nitrogens with one attached hydrogen (secondary N) is 2. The number of benzene rings is 2. The Morgan fingerprint density at radius 1 is 1.07 bits per heavy atom. The molecule has 4 rings (SSSR count). The van der Waals surface area contributed by atoms with E-state index in [1.165, 1.54) is 36.0 Å². The third kappa shape index (κ3) is 6.92. The average Bonchev–Trinajstić information content (AvgIpc) is 3.21. The normalized spacial score (nSPS) is 15.4. The van der Waals surface area contributed by atoms with Gasteiger partial charge in [-0.2, -0.15) is 36.2 Å². The predicted molar refractivity (Wildman–Crippen MR) is 129 cm³/mol. The van der Waals surface area contributed by atoms with E-state index in [-0.39, 0.29) is 37.1 Å². The SMILES string of the molecule is CNC(=O)Cn1nc(-c2cccc(C3(NS(=O)(=O)CC(F)(F)F)COC3)c2)cc1Oc1ccc(C(F)(F)F)cc1. The molecule has 1 fully saturated rings. The van der Waals surface area contributed by atoms with Crippen molar-refractivity contribution in [2.24, 2.45) is 0 Å². The van der Waals surface area contributed by atoms with Gasteiger partial charge in [0.15, 0.2) is 5.75 Å². The van der Waals surface area contributed by atoms with Crippen molar-refractivity contribution < 1.29 is 49.0 Å². The van der Waals surface area contributed by atoms with Gasteiger partial charge in [0, 0.05) is 18.7 Å². The zero-order chi connectivity index (χ0) is 29.3. The smallest absolute Gasteiger partial charge is 0.416 e. The summed E-state index contributed by atoms with van der Waals surface area (Å²) in [6, 6.07) is 11.4. The van der Waals surface area contributed by atoms with E-state index in [0.29, 0.717) is 11.1 Å². The Labute approximate surface area is 224 Å². The van der Waals surface area contributed by atoms with Gasteiger partial charge < -0.3 is 14.8 Å². The van der Waals surface area contributed by atoms with E-state index in [4.69, 9.17) is 9.47 Å². The molecule has 1 amide bonds. The number of hydrogen-bond acceptors (Lipinski definition) is 6. The number of carbonyl (C=O) groups excluding carboxylic acids is 1. The molecule has 1 aliphatic rings. The lowest BCUT2D eigenvalue weighted by Crippen LogP contribution is -2.60. The van der Waals surface area contributed by atoms with Crippen molar-refractivity contribution in [1.29, 1.82) is 0 Å². The van der Waals surface area contributed by atoms with Gasteiger partial charge >= 0.3 is 12.4 Å². The highest BCUT2D eigenvalue weighted by atomic mass is 32.2. The number of amides is 1. The van der Waals surface area contributed by atoms with E-state index >= 15 is 0 Å². The molecule has 1 saturated heterocycles. The molecule has 1 aromatic heterocycles. The van der Waals surface area contributed by atoms with Crippen LogP contribution in [-0.2, 0) is 37.8 Å². The Kier molecular flexibility index (Phi) is 7.88. The van der Waals surface area contributed by atoms with Gasteiger partial charge in [0.05, 0.1) is 24.5 Å². The molecule has 216 valence electrons. The molecule has 2 aromatic carbocycles. The van der Waals surface area contributed by atoms with Crippen molar-refractivity contribution in [1.82, 2.24) is 19.8 Å². The first-order valence-electron chi connectivity index (χ1n) is 11.5. The summed E-state index contributed by atoms with van der Waals surface area (Å²) in [6.45, 7) is -0.719. The first kappa shape index (κ1) is 29.4. The molecule has 40 heavy (non-hydrogen) atoms. The van der Waals surface area contributed by atoms with Crippen LogP contribution in [0.3, 0.4) is 0 Å². The highest BCUT2D eigenvalue weighted by molar-refractivity contribution is 7.89. The maximum absolute atomic E-state index is 12.9. The fourth-order valence-electron chi connectivity index (χ4n) is 3.90. The maximum atomic E-state index is 12.9. The number of alkyl halides is 6. The summed E-state index contributed by atoms with van der Waals surface area (Å²) in [6.07, 6.45) is -9.48. The van der Waals surface area contributed by atoms with Gasteiger partial charge in [-0.15, -0.1) is 0 Å². The molecule has 0 saturated carbocycles. The number of hydrogen-bond donors (Lipinski definition) is 2. The van der Waals surface area contributed by atoms with Gasteiger partial charge in [0.25, 0.3) is 0 Å². The number of carbonyl (C=O) groups is 1. The minimum atomic E-state index is -4.94. The lowest BCUT2D eigenvalue weighted by molar-refractivity contribution is -0.137. The first-order chi connectivity index (χ1) is 18.6. The Hall–Kier alpha value is -3.63. The number of nitrogens with zero attached hydrogens (tertiary/aromatic N) is 2. The molecule has 0 bridgehead atoms. The van der Waals surface area contributed by atoms with Crippen LogP contribution in [0.1, 0.15) is 11.1 Å². The van der Waals surface area contributed by atoms with Gasteiger partial charge in [0.1, 0.15) is 17.8 Å². The van der Waals surface area contributed by atoms with Crippen LogP contribution in [-0.4, -0.2) is 56.3 Å². The molecular formula is C24H22F6N4O5S. The molecule has 1 aliphatic heterocycles. The van der Waals surface area contributed by atoms with Crippen LogP contribution in [0.15, 0.2) is 54.6 Å². The quantitative estimate of drug-likeness (QED) is 0.366. The number of halogens is 6. The van der Waals surface area contributed by atoms with Gasteiger partial charge in [-0.25, -0.2) is 13.1 Å². The Bertz CT molecular complexity index is 1480. The van der Waals surface area contributed by atoms with E-state index in [9.17, 15) is 39.6 Å². The monoisotopic (exact) mass is 592 g/mol. The second kappa shape index (κ2) is 10.7. The van der Waals surface area contributed by atoms with Crippen molar-refractivity contribution in [3.05, 3.63) is 65.7 Å². The number of aromatic nitrogens is 2. The summed E-state index contributed by atoms with van der Waals surface area (Å²) < 4.78 is 115. The number of likely N-dealkylation sites (N-methyl/N-ethyl adjacent to an activating group) is 1. The molecule has 16 heteroatoms. The van der Waals surface area contributed by atoms with E-state index in [1.54, 1.807) is 6.07 Å². The molecule has 0 spiro atoms. The van der Waals surface area contributed by atoms with Crippen molar-refractivity contribution in [2.45, 2.75) is 24.4 Å². The number of ether oxygens (including phenoxy) is 2. The van der Waals surface area contributed by atoms with Crippen LogP contribution in [0.5, 0.6) is 11.6 Å². The van der Waals surface area contributed by atoms with E-state index in [0.717, 1.165) is 24.3 Å². The summed E-state index contributed by atoms with van der Waals surface area (Å²) in [4.78, 5) is 12.0. The lowest BCUT2D eigenvalue weighted by atomic mass is 9.88. The van der Waals surface area contributed by atoms with Crippen LogP contribution >= 0.6 is 0 Å². The predicted octanol–water partition coefficient (Wildman–Crippen LogP) is 3.81. The number of rotatable bonds is 9. The maximum Gasteiger partial charge on any atom is 0.416 e. The molecule has 2 heterocycles. The Morgan fingerprint density at radius 2 is 1.75 bits per heavy atom. The zero-order valence-corrected chi connectivity index (χ0v) is 21.5. The second-order valence-corrected chi connectivity index (χ2v) is 10.7. The summed E-state index contributed by atoms with van der Waals surface area (Å²) in [7, 11) is -3.36. The van der Waals surface area contributed by atoms with Crippen molar-refractivity contribution in [3.8, 4) is 22.9 Å². The van der Waals surface area contributed by atoms with Crippen LogP contribution in [0.25, 0.3) is 11.3 Å². The van der Waals surface area contributed by atoms with E-state index in [1.807, 2.05) is 0 Å². The fourth-order valence-corrected chi connectivity index (χ4v) is 5.23. The molecule has 2 N–H and O–H groups in total. The van der Waals surface area contributed by atoms with Crippen LogP contribution < -0.4 is 14.8 Å². The second-order valence-electron chi connectivity index (χ2n) is 8.95. The van der Waals surface area contributed by atoms with Gasteiger partial charge in [0.2, 0.25) is 21.8 Å². The topological polar surface area (TPSA) is 112 Å². The molecular weight excluding hydrogens is 570 g/mol. The van der Waals surface area contributed by atoms with Crippen molar-refractivity contribution in [3.63, 3.8) is 0 Å². The first-order valence-corrected chi connectivity index (χ1v) is 13.1. The molecule has 0 atom stereocenters. The lowest BCUT2D eigenvalue weighted by Gasteiger charge is -2.42. The molecule has 0 aliphatic carbocycles. The molecule has 9 nitrogen and oxygen atoms in total. The third-order valence-corrected chi connectivity index (χ3v) is 7.24. The molecule has 3 aromatic rings. The fraction of sp³-hybridized carbons (Fsp3) is 0.333. The van der Waals surface area contributed by atoms with Crippen LogP contribution in [0.4, 0.5) is 26.3 Å². The van der Waals surface area contributed by atoms with Gasteiger partial charge in [-0.1, -0.05) is 18.2 Å². The van der Waals surface area contributed by atoms with E-state index in [2.05, 4.69) is 15.1 Å². The molecule has 0 unspecified atom stereocenters. The third-order valence-electron chi connectivity index (χ3n) is 5.83. The van der Waals surface area contributed by atoms with Gasteiger partial charge in [-0.05, 0) is 35.9 Å². The Morgan fingerprint density at radius 3 is 2.30 bits per heavy atom. The number of sulfonamides is 1. The minimum absolute atomic E-state index is 0.0105. The minimum Gasteiger partial charge on any atom is -0.439 e. The summed E-state index contributed by atoms with van der Waals surface area (Å²) in [5.74, 6) is -2.46. The van der Waals surface area contributed by atoms with E-state index < -0.39 is 45.1 Å². The molecule has 0 radical (unpaired) electrons. The summed E-state index contributed by atoms with van der Waals surface area (Å²) in [5, 5.41) is 6.76. The highest BCUT2D eigenvalue weighted by Crippen LogP contribution is 2.36.